The molecule has 0 aromatic carbocycles. The fraction of sp³-hybridized carbons (Fsp3) is 0.429. The molecule has 10 heteroatoms. The summed E-state index contributed by atoms with van der Waals surface area (Å²) < 4.78 is 45.2. The molecule has 0 unspecified atom stereocenters. The van der Waals surface area contributed by atoms with Crippen molar-refractivity contribution in [2.75, 3.05) is 12.0 Å². The van der Waals surface area contributed by atoms with Crippen LogP contribution >= 0.6 is 10.7 Å². The van der Waals surface area contributed by atoms with Gasteiger partial charge in [-0.3, -0.25) is 4.68 Å². The maximum absolute atomic E-state index is 11.2. The molecule has 0 bridgehead atoms. The Morgan fingerprint density at radius 1 is 1.47 bits per heavy atom. The van der Waals surface area contributed by atoms with Crippen LogP contribution in [0.5, 0.6) is 0 Å². The van der Waals surface area contributed by atoms with E-state index in [1.54, 1.807) is 6.07 Å². The van der Waals surface area contributed by atoms with Crippen molar-refractivity contribution in [1.82, 2.24) is 9.78 Å². The van der Waals surface area contributed by atoms with E-state index in [2.05, 4.69) is 5.10 Å². The van der Waals surface area contributed by atoms with Gasteiger partial charge < -0.3 is 0 Å². The molecule has 0 aliphatic rings. The Balaban J connectivity index is 3.20. The molecular formula is C7H8ClN3O4S2. The third-order valence-electron chi connectivity index (χ3n) is 1.82. The number of rotatable bonds is 4. The van der Waals surface area contributed by atoms with Crippen LogP contribution in [0, 0.1) is 11.3 Å². The third-order valence-corrected chi connectivity index (χ3v) is 4.07. The Labute approximate surface area is 103 Å². The molecule has 0 spiro atoms. The number of aryl methyl sites for hydroxylation is 1. The molecule has 0 aliphatic heterocycles. The highest BCUT2D eigenvalue weighted by Crippen LogP contribution is 2.19. The molecule has 0 radical (unpaired) electrons. The van der Waals surface area contributed by atoms with Crippen LogP contribution in [0.4, 0.5) is 0 Å². The smallest absolute Gasteiger partial charge is 0.251 e. The summed E-state index contributed by atoms with van der Waals surface area (Å²) in [6.07, 6.45) is 2.04. The molecule has 0 fully saturated rings. The van der Waals surface area contributed by atoms with Crippen molar-refractivity contribution in [2.24, 2.45) is 0 Å². The Morgan fingerprint density at radius 2 is 2.06 bits per heavy atom. The van der Waals surface area contributed by atoms with E-state index < -0.39 is 23.9 Å². The van der Waals surface area contributed by atoms with Crippen LogP contribution < -0.4 is 0 Å². The maximum atomic E-state index is 11.2. The highest BCUT2D eigenvalue weighted by atomic mass is 35.7. The molecule has 94 valence electrons. The zero-order chi connectivity index (χ0) is 13.3. The van der Waals surface area contributed by atoms with Gasteiger partial charge in [0.1, 0.15) is 21.5 Å². The lowest BCUT2D eigenvalue weighted by atomic mass is 10.4. The van der Waals surface area contributed by atoms with Crippen molar-refractivity contribution in [3.63, 3.8) is 0 Å². The van der Waals surface area contributed by atoms with Crippen molar-refractivity contribution < 1.29 is 16.8 Å². The molecule has 1 aromatic rings. The Kier molecular flexibility index (Phi) is 3.81. The van der Waals surface area contributed by atoms with Gasteiger partial charge in [0, 0.05) is 16.9 Å². The summed E-state index contributed by atoms with van der Waals surface area (Å²) in [6.45, 7) is -0.179. The van der Waals surface area contributed by atoms with Gasteiger partial charge in [0.05, 0.1) is 18.5 Å². The molecule has 0 atom stereocenters. The highest BCUT2D eigenvalue weighted by Gasteiger charge is 2.23. The molecule has 0 aliphatic carbocycles. The molecule has 0 saturated heterocycles. The highest BCUT2D eigenvalue weighted by molar-refractivity contribution is 8.13. The first-order valence-corrected chi connectivity index (χ1v) is 8.60. The molecule has 1 aromatic heterocycles. The minimum Gasteiger partial charge on any atom is -0.251 e. The Bertz CT molecular complexity index is 668. The maximum Gasteiger partial charge on any atom is 0.279 e. The third kappa shape index (κ3) is 3.69. The average Bonchev–Trinajstić information content (AvgIpc) is 2.55. The van der Waals surface area contributed by atoms with Gasteiger partial charge in [-0.15, -0.1) is 0 Å². The lowest BCUT2D eigenvalue weighted by Gasteiger charge is -2.03. The van der Waals surface area contributed by atoms with E-state index in [0.29, 0.717) is 0 Å². The summed E-state index contributed by atoms with van der Waals surface area (Å²) in [5, 5.41) is 11.8. The van der Waals surface area contributed by atoms with E-state index in [4.69, 9.17) is 15.9 Å². The van der Waals surface area contributed by atoms with E-state index in [9.17, 15) is 16.8 Å². The first-order valence-electron chi connectivity index (χ1n) is 4.23. The number of nitrogens with zero attached hydrogens (tertiary/aromatic N) is 3. The zero-order valence-electron chi connectivity index (χ0n) is 8.66. The number of sulfone groups is 1. The van der Waals surface area contributed by atoms with Crippen LogP contribution in [0.3, 0.4) is 0 Å². The Morgan fingerprint density at radius 3 is 2.47 bits per heavy atom. The van der Waals surface area contributed by atoms with E-state index >= 15 is 0 Å². The number of hydrogen-bond donors (Lipinski definition) is 0. The molecular weight excluding hydrogens is 290 g/mol. The van der Waals surface area contributed by atoms with E-state index in [0.717, 1.165) is 17.1 Å². The summed E-state index contributed by atoms with van der Waals surface area (Å²) in [4.78, 5) is 0. The van der Waals surface area contributed by atoms with Gasteiger partial charge in [-0.05, 0) is 0 Å². The monoisotopic (exact) mass is 297 g/mol. The van der Waals surface area contributed by atoms with Crippen molar-refractivity contribution in [3.05, 3.63) is 11.8 Å². The van der Waals surface area contributed by atoms with Crippen molar-refractivity contribution in [1.29, 1.82) is 5.26 Å². The second-order valence-corrected chi connectivity index (χ2v) is 8.01. The van der Waals surface area contributed by atoms with Crippen LogP contribution in [0.15, 0.2) is 11.2 Å². The minimum atomic E-state index is -4.15. The number of halogens is 1. The normalized spacial score (nSPS) is 12.3. The zero-order valence-corrected chi connectivity index (χ0v) is 11.0. The van der Waals surface area contributed by atoms with E-state index in [1.165, 1.54) is 0 Å². The topological polar surface area (TPSA) is 110 Å². The van der Waals surface area contributed by atoms with Crippen molar-refractivity contribution in [2.45, 2.75) is 11.6 Å². The number of aromatic nitrogens is 2. The van der Waals surface area contributed by atoms with Gasteiger partial charge >= 0.3 is 0 Å². The first-order chi connectivity index (χ1) is 7.65. The molecule has 0 saturated carbocycles. The van der Waals surface area contributed by atoms with Crippen LogP contribution in [-0.2, 0) is 25.4 Å². The molecule has 1 rings (SSSR count). The van der Waals surface area contributed by atoms with E-state index in [-0.39, 0.29) is 17.9 Å². The fourth-order valence-corrected chi connectivity index (χ4v) is 2.86. The van der Waals surface area contributed by atoms with Crippen molar-refractivity contribution >= 4 is 29.6 Å². The second-order valence-electron chi connectivity index (χ2n) is 3.27. The van der Waals surface area contributed by atoms with Gasteiger partial charge in [0.15, 0.2) is 5.03 Å². The summed E-state index contributed by atoms with van der Waals surface area (Å²) >= 11 is 0. The van der Waals surface area contributed by atoms with Crippen LogP contribution in [0.1, 0.15) is 5.56 Å². The number of hydrogen-bond acceptors (Lipinski definition) is 6. The summed E-state index contributed by atoms with van der Waals surface area (Å²) in [5.74, 6) is -0.293. The van der Waals surface area contributed by atoms with Crippen LogP contribution in [-0.4, -0.2) is 38.6 Å². The summed E-state index contributed by atoms with van der Waals surface area (Å²) in [7, 11) is -2.26. The average molecular weight is 298 g/mol. The lowest BCUT2D eigenvalue weighted by Crippen LogP contribution is -2.15. The summed E-state index contributed by atoms with van der Waals surface area (Å²) in [5.41, 5.74) is -0.214. The van der Waals surface area contributed by atoms with Gasteiger partial charge in [0.25, 0.3) is 9.05 Å². The predicted octanol–water partition coefficient (Wildman–Crippen LogP) is -0.273. The molecule has 0 amide bonds. The van der Waals surface area contributed by atoms with Gasteiger partial charge in [0.2, 0.25) is 0 Å². The van der Waals surface area contributed by atoms with Crippen molar-refractivity contribution in [3.8, 4) is 6.07 Å². The fourth-order valence-electron chi connectivity index (χ4n) is 1.12. The molecule has 17 heavy (non-hydrogen) atoms. The first kappa shape index (κ1) is 14.0. The Hall–Kier alpha value is -1.11. The van der Waals surface area contributed by atoms with Crippen LogP contribution in [0.2, 0.25) is 0 Å². The predicted molar refractivity (Wildman–Crippen MR) is 59.7 cm³/mol. The van der Waals surface area contributed by atoms with Crippen LogP contribution in [0.25, 0.3) is 0 Å². The SMILES string of the molecule is CS(=O)(=O)CCn1ncc(C#N)c1S(=O)(=O)Cl. The molecule has 7 nitrogen and oxygen atoms in total. The number of nitriles is 1. The largest absolute Gasteiger partial charge is 0.279 e. The minimum absolute atomic E-state index is 0.179. The summed E-state index contributed by atoms with van der Waals surface area (Å²) in [6, 6.07) is 1.62. The molecule has 0 N–H and O–H groups in total. The van der Waals surface area contributed by atoms with Gasteiger partial charge in [-0.2, -0.15) is 10.4 Å². The van der Waals surface area contributed by atoms with Gasteiger partial charge in [-0.25, -0.2) is 16.8 Å². The molecule has 1 heterocycles. The quantitative estimate of drug-likeness (QED) is 0.707. The van der Waals surface area contributed by atoms with Gasteiger partial charge in [-0.1, -0.05) is 0 Å². The standard InChI is InChI=1S/C7H8ClN3O4S2/c1-16(12,13)3-2-11-7(17(8,14)15)6(4-9)5-10-11/h5H,2-3H2,1H3. The van der Waals surface area contributed by atoms with E-state index in [1.807, 2.05) is 0 Å². The lowest BCUT2D eigenvalue weighted by molar-refractivity contribution is 0.552. The second kappa shape index (κ2) is 4.64.